The highest BCUT2D eigenvalue weighted by molar-refractivity contribution is 7.98. The molecule has 0 aliphatic heterocycles. The van der Waals surface area contributed by atoms with Gasteiger partial charge in [-0.1, -0.05) is 6.92 Å². The lowest BCUT2D eigenvalue weighted by Crippen LogP contribution is -2.38. The molecular formula is C12H18N2O5S2. The van der Waals surface area contributed by atoms with Gasteiger partial charge in [-0.15, -0.1) is 0 Å². The van der Waals surface area contributed by atoms with Crippen LogP contribution in [-0.4, -0.2) is 47.9 Å². The largest absolute Gasteiger partial charge is 0.502 e. The second kappa shape index (κ2) is 7.10. The van der Waals surface area contributed by atoms with Gasteiger partial charge in [0.1, 0.15) is 0 Å². The molecule has 0 spiro atoms. The van der Waals surface area contributed by atoms with Crippen LogP contribution in [0, 0.1) is 10.1 Å². The lowest BCUT2D eigenvalue weighted by atomic mass is 10.3. The average Bonchev–Trinajstić information content (AvgIpc) is 2.43. The first-order valence-corrected chi connectivity index (χ1v) is 9.03. The maximum Gasteiger partial charge on any atom is 0.312 e. The number of hydrogen-bond acceptors (Lipinski definition) is 6. The van der Waals surface area contributed by atoms with E-state index < -0.39 is 26.4 Å². The van der Waals surface area contributed by atoms with Gasteiger partial charge in [0.05, 0.1) is 9.82 Å². The van der Waals surface area contributed by atoms with Crippen LogP contribution < -0.4 is 0 Å². The van der Waals surface area contributed by atoms with Crippen molar-refractivity contribution in [1.29, 1.82) is 0 Å². The van der Waals surface area contributed by atoms with Gasteiger partial charge in [-0.05, 0) is 24.8 Å². The third kappa shape index (κ3) is 3.86. The fourth-order valence-corrected chi connectivity index (χ4v) is 4.23. The lowest BCUT2D eigenvalue weighted by Gasteiger charge is -2.25. The van der Waals surface area contributed by atoms with Crippen LogP contribution in [0.4, 0.5) is 5.69 Å². The molecule has 0 aliphatic carbocycles. The Hall–Kier alpha value is -1.32. The maximum absolute atomic E-state index is 12.5. The third-order valence-electron chi connectivity index (χ3n) is 3.17. The number of nitro groups is 1. The molecule has 0 aromatic heterocycles. The van der Waals surface area contributed by atoms with Crippen LogP contribution in [0.5, 0.6) is 5.75 Å². The smallest absolute Gasteiger partial charge is 0.312 e. The minimum atomic E-state index is -3.84. The molecule has 1 rings (SSSR count). The summed E-state index contributed by atoms with van der Waals surface area (Å²) in [7, 11) is -2.38. The van der Waals surface area contributed by atoms with Crippen LogP contribution >= 0.6 is 11.8 Å². The zero-order chi connectivity index (χ0) is 16.2. The highest BCUT2D eigenvalue weighted by Gasteiger charge is 2.29. The molecule has 21 heavy (non-hydrogen) atoms. The molecule has 0 aliphatic rings. The van der Waals surface area contributed by atoms with E-state index in [4.69, 9.17) is 0 Å². The van der Waals surface area contributed by atoms with Gasteiger partial charge in [-0.25, -0.2) is 8.42 Å². The fourth-order valence-electron chi connectivity index (χ4n) is 1.84. The van der Waals surface area contributed by atoms with Gasteiger partial charge < -0.3 is 5.11 Å². The number of aromatic hydroxyl groups is 1. The van der Waals surface area contributed by atoms with Crippen LogP contribution in [0.3, 0.4) is 0 Å². The summed E-state index contributed by atoms with van der Waals surface area (Å²) in [6.07, 6.45) is 2.52. The molecule has 0 fully saturated rings. The number of hydrogen-bond donors (Lipinski definition) is 1. The topological polar surface area (TPSA) is 101 Å². The predicted octanol–water partition coefficient (Wildman–Crippen LogP) is 2.06. The summed E-state index contributed by atoms with van der Waals surface area (Å²) in [5, 5.41) is 20.2. The van der Waals surface area contributed by atoms with Crippen molar-refractivity contribution < 1.29 is 18.4 Å². The van der Waals surface area contributed by atoms with Gasteiger partial charge in [0.15, 0.2) is 5.75 Å². The molecule has 0 saturated heterocycles. The van der Waals surface area contributed by atoms with Gasteiger partial charge in [0.25, 0.3) is 0 Å². The van der Waals surface area contributed by atoms with Crippen LogP contribution in [0.15, 0.2) is 23.1 Å². The van der Waals surface area contributed by atoms with E-state index in [9.17, 15) is 23.6 Å². The number of phenols is 1. The molecule has 0 bridgehead atoms. The van der Waals surface area contributed by atoms with Gasteiger partial charge >= 0.3 is 5.69 Å². The Morgan fingerprint density at radius 1 is 1.48 bits per heavy atom. The molecule has 7 nitrogen and oxygen atoms in total. The lowest BCUT2D eigenvalue weighted by molar-refractivity contribution is -0.386. The number of phenolic OH excluding ortho intramolecular Hbond substituents is 1. The SMILES string of the molecule is CCC(CSC)N(C)S(=O)(=O)c1ccc(O)c([N+](=O)[O-])c1. The van der Waals surface area contributed by atoms with Gasteiger partial charge in [-0.2, -0.15) is 16.1 Å². The van der Waals surface area contributed by atoms with E-state index >= 15 is 0 Å². The molecule has 9 heteroatoms. The summed E-state index contributed by atoms with van der Waals surface area (Å²) in [6.45, 7) is 1.88. The van der Waals surface area contributed by atoms with E-state index in [1.54, 1.807) is 0 Å². The third-order valence-corrected chi connectivity index (χ3v) is 5.79. The van der Waals surface area contributed by atoms with E-state index in [1.165, 1.54) is 29.2 Å². The van der Waals surface area contributed by atoms with Crippen LogP contribution in [0.2, 0.25) is 0 Å². The highest BCUT2D eigenvalue weighted by atomic mass is 32.2. The fraction of sp³-hybridized carbons (Fsp3) is 0.500. The van der Waals surface area contributed by atoms with E-state index in [1.807, 2.05) is 13.2 Å². The standard InChI is InChI=1S/C12H18N2O5S2/c1-4-9(8-20-3)13(2)21(18,19)10-5-6-12(15)11(7-10)14(16)17/h5-7,9,15H,4,8H2,1-3H3. The van der Waals surface area contributed by atoms with Crippen molar-refractivity contribution in [2.45, 2.75) is 24.3 Å². The summed E-state index contributed by atoms with van der Waals surface area (Å²) < 4.78 is 26.2. The molecule has 1 aromatic carbocycles. The van der Waals surface area contributed by atoms with Crippen molar-refractivity contribution in [1.82, 2.24) is 4.31 Å². The first-order valence-electron chi connectivity index (χ1n) is 6.20. The van der Waals surface area contributed by atoms with Crippen molar-refractivity contribution in [3.05, 3.63) is 28.3 Å². The monoisotopic (exact) mass is 334 g/mol. The van der Waals surface area contributed by atoms with Crippen LogP contribution in [-0.2, 0) is 10.0 Å². The Morgan fingerprint density at radius 2 is 2.10 bits per heavy atom. The molecule has 1 unspecified atom stereocenters. The summed E-state index contributed by atoms with van der Waals surface area (Å²) in [5.41, 5.74) is -0.623. The number of thioether (sulfide) groups is 1. The molecule has 1 N–H and O–H groups in total. The molecule has 0 heterocycles. The normalized spacial score (nSPS) is 13.3. The van der Waals surface area contributed by atoms with E-state index in [0.29, 0.717) is 12.2 Å². The molecule has 0 radical (unpaired) electrons. The Bertz CT molecular complexity index is 618. The Balaban J connectivity index is 3.24. The maximum atomic E-state index is 12.5. The Labute approximate surface area is 128 Å². The number of nitrogens with zero attached hydrogens (tertiary/aromatic N) is 2. The molecule has 118 valence electrons. The summed E-state index contributed by atoms with van der Waals surface area (Å²) in [6, 6.07) is 2.87. The zero-order valence-electron chi connectivity index (χ0n) is 12.0. The first-order chi connectivity index (χ1) is 9.75. The van der Waals surface area contributed by atoms with Crippen molar-refractivity contribution in [2.75, 3.05) is 19.1 Å². The molecule has 1 atom stereocenters. The molecular weight excluding hydrogens is 316 g/mol. The summed E-state index contributed by atoms with van der Waals surface area (Å²) >= 11 is 1.53. The molecule has 0 amide bonds. The van der Waals surface area contributed by atoms with Crippen molar-refractivity contribution >= 4 is 27.5 Å². The second-order valence-corrected chi connectivity index (χ2v) is 7.35. The van der Waals surface area contributed by atoms with E-state index in [2.05, 4.69) is 0 Å². The van der Waals surface area contributed by atoms with E-state index in [0.717, 1.165) is 12.1 Å². The summed E-state index contributed by atoms with van der Waals surface area (Å²) in [4.78, 5) is 9.79. The number of rotatable bonds is 7. The van der Waals surface area contributed by atoms with E-state index in [-0.39, 0.29) is 10.9 Å². The predicted molar refractivity (Wildman–Crippen MR) is 82.2 cm³/mol. The van der Waals surface area contributed by atoms with Crippen molar-refractivity contribution in [3.63, 3.8) is 0 Å². The van der Waals surface area contributed by atoms with Crippen LogP contribution in [0.25, 0.3) is 0 Å². The Morgan fingerprint density at radius 3 is 2.57 bits per heavy atom. The van der Waals surface area contributed by atoms with Gasteiger partial charge in [-0.3, -0.25) is 10.1 Å². The highest BCUT2D eigenvalue weighted by Crippen LogP contribution is 2.30. The second-order valence-electron chi connectivity index (χ2n) is 4.45. The number of nitro benzene ring substituents is 1. The zero-order valence-corrected chi connectivity index (χ0v) is 13.6. The molecule has 1 aromatic rings. The Kier molecular flexibility index (Phi) is 5.99. The van der Waals surface area contributed by atoms with Gasteiger partial charge in [0, 0.05) is 24.9 Å². The minimum absolute atomic E-state index is 0.196. The molecule has 0 saturated carbocycles. The minimum Gasteiger partial charge on any atom is -0.502 e. The van der Waals surface area contributed by atoms with Crippen LogP contribution in [0.1, 0.15) is 13.3 Å². The number of benzene rings is 1. The number of sulfonamides is 1. The van der Waals surface area contributed by atoms with Crippen molar-refractivity contribution in [3.8, 4) is 5.75 Å². The average molecular weight is 334 g/mol. The van der Waals surface area contributed by atoms with Gasteiger partial charge in [0.2, 0.25) is 10.0 Å². The quantitative estimate of drug-likeness (QED) is 0.605. The summed E-state index contributed by atoms with van der Waals surface area (Å²) in [5.74, 6) is 0.0737. The van der Waals surface area contributed by atoms with Crippen molar-refractivity contribution in [2.24, 2.45) is 0 Å². The first kappa shape index (κ1) is 17.7.